The summed E-state index contributed by atoms with van der Waals surface area (Å²) in [4.78, 5) is 14.4. The van der Waals surface area contributed by atoms with Gasteiger partial charge in [-0.1, -0.05) is 11.8 Å². The predicted molar refractivity (Wildman–Crippen MR) is 80.1 cm³/mol. The summed E-state index contributed by atoms with van der Waals surface area (Å²) in [6.45, 7) is 5.61. The zero-order chi connectivity index (χ0) is 17.4. The third kappa shape index (κ3) is 3.73. The predicted octanol–water partition coefficient (Wildman–Crippen LogP) is 2.28. The molecule has 1 aliphatic heterocycles. The Bertz CT molecular complexity index is 566. The van der Waals surface area contributed by atoms with Crippen molar-refractivity contribution in [1.29, 1.82) is 0 Å². The highest BCUT2D eigenvalue weighted by Gasteiger charge is 2.39. The molecule has 1 saturated heterocycles. The molecule has 0 aliphatic carbocycles. The molecule has 0 aromatic carbocycles. The molecule has 0 saturated carbocycles. The summed E-state index contributed by atoms with van der Waals surface area (Å²) in [5.74, 6) is 4.00. The average molecular weight is 351 g/mol. The number of nitrogens with two attached hydrogens (primary N) is 1. The fourth-order valence-corrected chi connectivity index (χ4v) is 3.65. The molecule has 1 fully saturated rings. The number of thioether (sulfide) groups is 1. The first-order valence-electron chi connectivity index (χ1n) is 7.39. The summed E-state index contributed by atoms with van der Waals surface area (Å²) in [6, 6.07) is 0.242. The molecular weight excluding hydrogens is 331 g/mol. The lowest BCUT2D eigenvalue weighted by Crippen LogP contribution is -2.50. The fourth-order valence-electron chi connectivity index (χ4n) is 2.82. The molecule has 0 radical (unpaired) electrons. The minimum absolute atomic E-state index is 0.119. The molecule has 6 nitrogen and oxygen atoms in total. The molecular formula is C13H20F3N5OS. The zero-order valence-corrected chi connectivity index (χ0v) is 14.0. The molecule has 2 N–H and O–H groups in total. The van der Waals surface area contributed by atoms with Crippen LogP contribution in [0.1, 0.15) is 45.9 Å². The number of carbonyl (C=O) groups is 1. The van der Waals surface area contributed by atoms with Gasteiger partial charge in [0.2, 0.25) is 11.1 Å². The summed E-state index contributed by atoms with van der Waals surface area (Å²) in [7, 11) is 0. The molecule has 0 bridgehead atoms. The minimum atomic E-state index is -4.68. The Kier molecular flexibility index (Phi) is 5.12. The number of aromatic nitrogens is 3. The number of alkyl halides is 3. The number of halogens is 3. The number of rotatable bonds is 3. The van der Waals surface area contributed by atoms with Gasteiger partial charge in [0.05, 0.1) is 5.25 Å². The van der Waals surface area contributed by atoms with E-state index in [1.54, 1.807) is 6.92 Å². The third-order valence-corrected chi connectivity index (χ3v) is 5.04. The standard InChI is InChI=1S/C13H20F3N5OS/c1-7-5-4-6-8(2)20(7)10(22)9(3)23-12-19-18-11(21(12)17)13(14,15)16/h7-9H,4-6,17H2,1-3H3/t7-,8-,9-/m1/s1. The molecule has 1 aliphatic rings. The van der Waals surface area contributed by atoms with Crippen LogP contribution in [0.25, 0.3) is 0 Å². The van der Waals surface area contributed by atoms with Crippen molar-refractivity contribution >= 4 is 17.7 Å². The van der Waals surface area contributed by atoms with E-state index in [1.807, 2.05) is 18.7 Å². The molecule has 2 rings (SSSR count). The quantitative estimate of drug-likeness (QED) is 0.668. The lowest BCUT2D eigenvalue weighted by atomic mass is 9.97. The second-order valence-corrected chi connectivity index (χ2v) is 7.12. The Hall–Kier alpha value is -1.45. The maximum Gasteiger partial charge on any atom is 0.453 e. The topological polar surface area (TPSA) is 77.0 Å². The summed E-state index contributed by atoms with van der Waals surface area (Å²) < 4.78 is 38.4. The van der Waals surface area contributed by atoms with Gasteiger partial charge >= 0.3 is 6.18 Å². The van der Waals surface area contributed by atoms with Crippen molar-refractivity contribution in [2.45, 2.75) is 68.7 Å². The Morgan fingerprint density at radius 1 is 1.30 bits per heavy atom. The van der Waals surface area contributed by atoms with E-state index in [-0.39, 0.29) is 23.1 Å². The number of likely N-dealkylation sites (tertiary alicyclic amines) is 1. The fraction of sp³-hybridized carbons (Fsp3) is 0.769. The number of amides is 1. The van der Waals surface area contributed by atoms with Crippen LogP contribution >= 0.6 is 11.8 Å². The van der Waals surface area contributed by atoms with Crippen molar-refractivity contribution in [2.24, 2.45) is 0 Å². The highest BCUT2D eigenvalue weighted by molar-refractivity contribution is 8.00. The van der Waals surface area contributed by atoms with Crippen molar-refractivity contribution in [3.63, 3.8) is 0 Å². The van der Waals surface area contributed by atoms with Crippen LogP contribution in [0.2, 0.25) is 0 Å². The first-order chi connectivity index (χ1) is 10.6. The number of hydrogen-bond donors (Lipinski definition) is 1. The van der Waals surface area contributed by atoms with E-state index >= 15 is 0 Å². The van der Waals surface area contributed by atoms with Gasteiger partial charge in [-0.15, -0.1) is 10.2 Å². The van der Waals surface area contributed by atoms with Crippen molar-refractivity contribution in [2.75, 3.05) is 5.84 Å². The number of piperidine rings is 1. The minimum Gasteiger partial charge on any atom is -0.336 e. The van der Waals surface area contributed by atoms with E-state index in [4.69, 9.17) is 5.84 Å². The second kappa shape index (κ2) is 6.58. The van der Waals surface area contributed by atoms with Gasteiger partial charge in [0, 0.05) is 12.1 Å². The van der Waals surface area contributed by atoms with Crippen LogP contribution < -0.4 is 5.84 Å². The smallest absolute Gasteiger partial charge is 0.336 e. The van der Waals surface area contributed by atoms with Gasteiger partial charge in [0.15, 0.2) is 0 Å². The molecule has 0 spiro atoms. The van der Waals surface area contributed by atoms with E-state index < -0.39 is 17.3 Å². The maximum absolute atomic E-state index is 12.7. The highest BCUT2D eigenvalue weighted by atomic mass is 32.2. The summed E-state index contributed by atoms with van der Waals surface area (Å²) >= 11 is 0.886. The molecule has 10 heteroatoms. The normalized spacial score (nSPS) is 23.8. The van der Waals surface area contributed by atoms with Crippen LogP contribution in [-0.2, 0) is 11.0 Å². The Labute approximate surface area is 136 Å². The Morgan fingerprint density at radius 2 is 1.87 bits per heavy atom. The van der Waals surface area contributed by atoms with Crippen LogP contribution in [-0.4, -0.2) is 43.0 Å². The SMILES string of the molecule is C[C@@H]1CCC[C@@H](C)N1C(=O)[C@@H](C)Sc1nnc(C(F)(F)F)n1N. The molecule has 1 aromatic rings. The van der Waals surface area contributed by atoms with Gasteiger partial charge in [-0.3, -0.25) is 4.79 Å². The molecule has 1 aromatic heterocycles. The summed E-state index contributed by atoms with van der Waals surface area (Å²) in [6.07, 6.45) is -1.75. The number of nitrogens with zero attached hydrogens (tertiary/aromatic N) is 4. The van der Waals surface area contributed by atoms with Crippen LogP contribution in [0, 0.1) is 0 Å². The van der Waals surface area contributed by atoms with Crippen LogP contribution in [0.5, 0.6) is 0 Å². The van der Waals surface area contributed by atoms with Crippen LogP contribution in [0.3, 0.4) is 0 Å². The number of nitrogen functional groups attached to an aromatic ring is 1. The highest BCUT2D eigenvalue weighted by Crippen LogP contribution is 2.31. The van der Waals surface area contributed by atoms with E-state index in [2.05, 4.69) is 10.2 Å². The van der Waals surface area contributed by atoms with E-state index in [0.29, 0.717) is 4.68 Å². The Balaban J connectivity index is 2.11. The summed E-state index contributed by atoms with van der Waals surface area (Å²) in [5.41, 5.74) is 0. The van der Waals surface area contributed by atoms with E-state index in [0.717, 1.165) is 31.0 Å². The van der Waals surface area contributed by atoms with Gasteiger partial charge in [-0.2, -0.15) is 13.2 Å². The molecule has 0 unspecified atom stereocenters. The van der Waals surface area contributed by atoms with Crippen LogP contribution in [0.15, 0.2) is 5.16 Å². The van der Waals surface area contributed by atoms with Crippen molar-refractivity contribution in [1.82, 2.24) is 19.8 Å². The Morgan fingerprint density at radius 3 is 2.35 bits per heavy atom. The lowest BCUT2D eigenvalue weighted by molar-refractivity contribution is -0.146. The zero-order valence-electron chi connectivity index (χ0n) is 13.2. The number of hydrogen-bond acceptors (Lipinski definition) is 5. The average Bonchev–Trinajstić information content (AvgIpc) is 2.79. The molecule has 23 heavy (non-hydrogen) atoms. The second-order valence-electron chi connectivity index (χ2n) is 5.81. The van der Waals surface area contributed by atoms with Crippen LogP contribution in [0.4, 0.5) is 13.2 Å². The van der Waals surface area contributed by atoms with Gasteiger partial charge in [-0.25, -0.2) is 4.68 Å². The molecule has 1 amide bonds. The number of carbonyl (C=O) groups excluding carboxylic acids is 1. The first kappa shape index (κ1) is 17.9. The van der Waals surface area contributed by atoms with Gasteiger partial charge < -0.3 is 10.7 Å². The van der Waals surface area contributed by atoms with Gasteiger partial charge in [0.25, 0.3) is 5.82 Å². The van der Waals surface area contributed by atoms with Crippen molar-refractivity contribution < 1.29 is 18.0 Å². The largest absolute Gasteiger partial charge is 0.453 e. The van der Waals surface area contributed by atoms with Gasteiger partial charge in [-0.05, 0) is 40.0 Å². The summed E-state index contributed by atoms with van der Waals surface area (Å²) in [5, 5.41) is 5.79. The first-order valence-corrected chi connectivity index (χ1v) is 8.27. The van der Waals surface area contributed by atoms with Crippen molar-refractivity contribution in [3.05, 3.63) is 5.82 Å². The molecule has 2 heterocycles. The van der Waals surface area contributed by atoms with Gasteiger partial charge in [0.1, 0.15) is 0 Å². The lowest BCUT2D eigenvalue weighted by Gasteiger charge is -2.40. The molecule has 130 valence electrons. The monoisotopic (exact) mass is 351 g/mol. The third-order valence-electron chi connectivity index (χ3n) is 4.00. The van der Waals surface area contributed by atoms with E-state index in [9.17, 15) is 18.0 Å². The van der Waals surface area contributed by atoms with E-state index in [1.165, 1.54) is 0 Å². The molecule has 3 atom stereocenters. The maximum atomic E-state index is 12.7. The van der Waals surface area contributed by atoms with Crippen molar-refractivity contribution in [3.8, 4) is 0 Å².